The number of para-hydroxylation sites is 1. The Labute approximate surface area is 93.9 Å². The van der Waals surface area contributed by atoms with Crippen LogP contribution in [0.4, 0.5) is 0 Å². The molecule has 0 saturated heterocycles. The molecule has 0 heterocycles. The summed E-state index contributed by atoms with van der Waals surface area (Å²) >= 11 is 0. The molecule has 1 aromatic carbocycles. The van der Waals surface area contributed by atoms with Crippen LogP contribution in [0, 0.1) is 0 Å². The van der Waals surface area contributed by atoms with E-state index in [-0.39, 0.29) is 19.6 Å². The van der Waals surface area contributed by atoms with E-state index in [1.165, 1.54) is 5.56 Å². The van der Waals surface area contributed by atoms with Gasteiger partial charge in [0, 0.05) is 0 Å². The summed E-state index contributed by atoms with van der Waals surface area (Å²) in [6, 6.07) is 8.24. The first kappa shape index (κ1) is 13.4. The molecule has 0 saturated carbocycles. The molecule has 0 aliphatic heterocycles. The van der Waals surface area contributed by atoms with Crippen LogP contribution < -0.4 is 4.74 Å². The van der Waals surface area contributed by atoms with E-state index in [1.807, 2.05) is 12.1 Å². The summed E-state index contributed by atoms with van der Waals surface area (Å²) in [5.74, 6) is 1.54. The van der Waals surface area contributed by atoms with E-state index in [2.05, 4.69) is 39.8 Å². The minimum absolute atomic E-state index is 0. The van der Waals surface area contributed by atoms with Gasteiger partial charge in [-0.2, -0.15) is 13.5 Å². The number of hydrogen-bond donors (Lipinski definition) is 0. The first-order chi connectivity index (χ1) is 6.11. The van der Waals surface area contributed by atoms with Crippen molar-refractivity contribution in [2.45, 2.75) is 39.7 Å². The summed E-state index contributed by atoms with van der Waals surface area (Å²) in [5, 5.41) is 0. The van der Waals surface area contributed by atoms with E-state index >= 15 is 0 Å². The number of ether oxygens (including phenoxy) is 1. The Bertz CT molecular complexity index is 269. The third-order valence-corrected chi connectivity index (χ3v) is 1.90. The maximum absolute atomic E-state index is 5.71. The zero-order valence-electron chi connectivity index (χ0n) is 9.37. The van der Waals surface area contributed by atoms with E-state index in [4.69, 9.17) is 4.74 Å². The maximum Gasteiger partial charge on any atom is 0.123 e. The lowest BCUT2D eigenvalue weighted by atomic mass is 10.0. The van der Waals surface area contributed by atoms with Gasteiger partial charge in [0.25, 0.3) is 0 Å². The van der Waals surface area contributed by atoms with Crippen LogP contribution in [0.15, 0.2) is 24.3 Å². The average molecular weight is 212 g/mol. The summed E-state index contributed by atoms with van der Waals surface area (Å²) in [7, 11) is 0. The van der Waals surface area contributed by atoms with Gasteiger partial charge in [-0.1, -0.05) is 32.0 Å². The molecule has 0 spiro atoms. The van der Waals surface area contributed by atoms with E-state index in [0.29, 0.717) is 5.92 Å². The predicted molar refractivity (Wildman–Crippen MR) is 66.7 cm³/mol. The Morgan fingerprint density at radius 3 is 2.07 bits per heavy atom. The van der Waals surface area contributed by atoms with Crippen LogP contribution in [-0.4, -0.2) is 6.10 Å². The Balaban J connectivity index is 0.00000169. The van der Waals surface area contributed by atoms with Crippen molar-refractivity contribution < 1.29 is 4.74 Å². The fourth-order valence-corrected chi connectivity index (χ4v) is 1.32. The highest BCUT2D eigenvalue weighted by atomic mass is 32.1. The van der Waals surface area contributed by atoms with Gasteiger partial charge in [-0.15, -0.1) is 0 Å². The minimum atomic E-state index is 0. The van der Waals surface area contributed by atoms with Gasteiger partial charge >= 0.3 is 0 Å². The standard InChI is InChI=1S/C12H18O.H2S/c1-9(2)11-7-5-6-8-12(11)13-10(3)4;/h5-10H,1-4H3;1H2. The van der Waals surface area contributed by atoms with Crippen molar-refractivity contribution in [1.82, 2.24) is 0 Å². The van der Waals surface area contributed by atoms with Crippen LogP contribution in [0.2, 0.25) is 0 Å². The topological polar surface area (TPSA) is 9.23 Å². The second-order valence-corrected chi connectivity index (χ2v) is 3.86. The number of benzene rings is 1. The molecule has 0 N–H and O–H groups in total. The fraction of sp³-hybridized carbons (Fsp3) is 0.500. The Morgan fingerprint density at radius 2 is 1.57 bits per heavy atom. The molecule has 0 fully saturated rings. The molecule has 0 unspecified atom stereocenters. The van der Waals surface area contributed by atoms with Crippen molar-refractivity contribution in [2.24, 2.45) is 0 Å². The zero-order chi connectivity index (χ0) is 9.84. The second kappa shape index (κ2) is 5.97. The van der Waals surface area contributed by atoms with Crippen molar-refractivity contribution in [3.8, 4) is 5.75 Å². The normalized spacial score (nSPS) is 10.1. The minimum Gasteiger partial charge on any atom is -0.491 e. The van der Waals surface area contributed by atoms with Gasteiger partial charge < -0.3 is 4.74 Å². The van der Waals surface area contributed by atoms with Crippen molar-refractivity contribution in [3.63, 3.8) is 0 Å². The van der Waals surface area contributed by atoms with Gasteiger partial charge in [0.05, 0.1) is 6.10 Å². The molecule has 14 heavy (non-hydrogen) atoms. The summed E-state index contributed by atoms with van der Waals surface area (Å²) in [5.41, 5.74) is 1.29. The summed E-state index contributed by atoms with van der Waals surface area (Å²) < 4.78 is 5.71. The van der Waals surface area contributed by atoms with Crippen LogP contribution in [-0.2, 0) is 0 Å². The van der Waals surface area contributed by atoms with Gasteiger partial charge in [0.2, 0.25) is 0 Å². The summed E-state index contributed by atoms with van der Waals surface area (Å²) in [6.07, 6.45) is 0.250. The van der Waals surface area contributed by atoms with Crippen LogP contribution in [0.3, 0.4) is 0 Å². The molecule has 1 nitrogen and oxygen atoms in total. The van der Waals surface area contributed by atoms with Gasteiger partial charge in [0.15, 0.2) is 0 Å². The van der Waals surface area contributed by atoms with Crippen molar-refractivity contribution >= 4 is 13.5 Å². The third-order valence-electron chi connectivity index (χ3n) is 1.90. The third kappa shape index (κ3) is 3.62. The lowest BCUT2D eigenvalue weighted by Gasteiger charge is -2.15. The van der Waals surface area contributed by atoms with Gasteiger partial charge in [0.1, 0.15) is 5.75 Å². The van der Waals surface area contributed by atoms with Crippen molar-refractivity contribution in [2.75, 3.05) is 0 Å². The van der Waals surface area contributed by atoms with Crippen LogP contribution in [0.1, 0.15) is 39.2 Å². The van der Waals surface area contributed by atoms with E-state index < -0.39 is 0 Å². The van der Waals surface area contributed by atoms with Crippen molar-refractivity contribution in [1.29, 1.82) is 0 Å². The molecule has 0 atom stereocenters. The van der Waals surface area contributed by atoms with E-state index in [0.717, 1.165) is 5.75 Å². The van der Waals surface area contributed by atoms with Gasteiger partial charge in [-0.25, -0.2) is 0 Å². The number of hydrogen-bond acceptors (Lipinski definition) is 1. The molecule has 2 heteroatoms. The highest BCUT2D eigenvalue weighted by Gasteiger charge is 2.07. The SMILES string of the molecule is CC(C)Oc1ccccc1C(C)C.S. The molecule has 0 bridgehead atoms. The van der Waals surface area contributed by atoms with Crippen molar-refractivity contribution in [3.05, 3.63) is 29.8 Å². The highest BCUT2D eigenvalue weighted by molar-refractivity contribution is 7.59. The average Bonchev–Trinajstić information content (AvgIpc) is 2.03. The van der Waals surface area contributed by atoms with E-state index in [9.17, 15) is 0 Å². The molecule has 0 aromatic heterocycles. The predicted octanol–water partition coefficient (Wildman–Crippen LogP) is 3.71. The van der Waals surface area contributed by atoms with Crippen LogP contribution in [0.5, 0.6) is 5.75 Å². The molecular weight excluding hydrogens is 192 g/mol. The first-order valence-corrected chi connectivity index (χ1v) is 4.87. The molecule has 80 valence electrons. The second-order valence-electron chi connectivity index (χ2n) is 3.86. The summed E-state index contributed by atoms with van der Waals surface area (Å²) in [4.78, 5) is 0. The smallest absolute Gasteiger partial charge is 0.123 e. The number of rotatable bonds is 3. The molecule has 0 aliphatic carbocycles. The van der Waals surface area contributed by atoms with Gasteiger partial charge in [-0.05, 0) is 31.4 Å². The van der Waals surface area contributed by atoms with Gasteiger partial charge in [-0.3, -0.25) is 0 Å². The fourth-order valence-electron chi connectivity index (χ4n) is 1.32. The molecule has 0 amide bonds. The largest absolute Gasteiger partial charge is 0.491 e. The molecular formula is C12H20OS. The Hall–Kier alpha value is -0.630. The first-order valence-electron chi connectivity index (χ1n) is 4.87. The lowest BCUT2D eigenvalue weighted by molar-refractivity contribution is 0.239. The Morgan fingerprint density at radius 1 is 1.00 bits per heavy atom. The molecule has 1 aromatic rings. The lowest BCUT2D eigenvalue weighted by Crippen LogP contribution is -2.07. The Kier molecular flexibility index (Phi) is 5.70. The zero-order valence-corrected chi connectivity index (χ0v) is 10.4. The quantitative estimate of drug-likeness (QED) is 0.742. The maximum atomic E-state index is 5.71. The molecule has 0 radical (unpaired) electrons. The molecule has 0 aliphatic rings. The van der Waals surface area contributed by atoms with Crippen LogP contribution >= 0.6 is 13.5 Å². The monoisotopic (exact) mass is 212 g/mol. The molecule has 1 rings (SSSR count). The summed E-state index contributed by atoms with van der Waals surface area (Å²) in [6.45, 7) is 8.47. The van der Waals surface area contributed by atoms with E-state index in [1.54, 1.807) is 0 Å². The highest BCUT2D eigenvalue weighted by Crippen LogP contribution is 2.26. The van der Waals surface area contributed by atoms with Crippen LogP contribution in [0.25, 0.3) is 0 Å².